The zero-order valence-electron chi connectivity index (χ0n) is 12.2. The lowest BCUT2D eigenvalue weighted by Gasteiger charge is -2.04. The summed E-state index contributed by atoms with van der Waals surface area (Å²) in [4.78, 5) is 20.0. The van der Waals surface area contributed by atoms with Gasteiger partial charge in [0, 0.05) is 41.6 Å². The van der Waals surface area contributed by atoms with Gasteiger partial charge in [-0.25, -0.2) is 0 Å². The van der Waals surface area contributed by atoms with Crippen LogP contribution >= 0.6 is 0 Å². The Hall–Kier alpha value is -3.45. The summed E-state index contributed by atoms with van der Waals surface area (Å²) in [6.07, 6.45) is 6.59. The van der Waals surface area contributed by atoms with Crippen LogP contribution in [0.15, 0.2) is 73.3 Å². The summed E-state index contributed by atoms with van der Waals surface area (Å²) < 4.78 is 0. The van der Waals surface area contributed by atoms with Crippen LogP contribution in [0.5, 0.6) is 0 Å². The average Bonchev–Trinajstić information content (AvgIpc) is 2.63. The third-order valence-electron chi connectivity index (χ3n) is 3.08. The van der Waals surface area contributed by atoms with E-state index in [1.807, 2.05) is 36.4 Å². The fraction of sp³-hybridized carbons (Fsp3) is 0. The van der Waals surface area contributed by atoms with E-state index in [2.05, 4.69) is 27.1 Å². The molecule has 2 aromatic heterocycles. The number of aromatic nitrogens is 2. The van der Waals surface area contributed by atoms with Crippen molar-refractivity contribution in [2.75, 3.05) is 5.32 Å². The fourth-order valence-electron chi connectivity index (χ4n) is 1.92. The summed E-state index contributed by atoms with van der Waals surface area (Å²) in [7, 11) is 0. The Morgan fingerprint density at radius 3 is 2.17 bits per heavy atom. The monoisotopic (exact) mass is 299 g/mol. The zero-order chi connectivity index (χ0) is 15.9. The topological polar surface area (TPSA) is 54.9 Å². The summed E-state index contributed by atoms with van der Waals surface area (Å²) in [6, 6.07) is 14.6. The van der Waals surface area contributed by atoms with Crippen LogP contribution in [0.1, 0.15) is 21.5 Å². The van der Waals surface area contributed by atoms with Gasteiger partial charge in [0.2, 0.25) is 0 Å². The highest BCUT2D eigenvalue weighted by atomic mass is 16.1. The van der Waals surface area contributed by atoms with Crippen molar-refractivity contribution >= 4 is 11.6 Å². The number of pyridine rings is 2. The van der Waals surface area contributed by atoms with Gasteiger partial charge in [-0.3, -0.25) is 14.8 Å². The third kappa shape index (κ3) is 4.02. The second-order valence-corrected chi connectivity index (χ2v) is 4.76. The molecule has 1 aromatic carbocycles. The Labute approximate surface area is 134 Å². The number of carbonyl (C=O) groups excluding carboxylic acids is 1. The smallest absolute Gasteiger partial charge is 0.257 e. The highest BCUT2D eigenvalue weighted by molar-refractivity contribution is 6.04. The van der Waals surface area contributed by atoms with E-state index in [1.54, 1.807) is 30.7 Å². The van der Waals surface area contributed by atoms with Gasteiger partial charge >= 0.3 is 0 Å². The molecule has 0 aliphatic heterocycles. The van der Waals surface area contributed by atoms with Crippen molar-refractivity contribution in [1.29, 1.82) is 0 Å². The van der Waals surface area contributed by atoms with Gasteiger partial charge < -0.3 is 5.32 Å². The molecule has 3 rings (SSSR count). The van der Waals surface area contributed by atoms with Crippen LogP contribution in [0.2, 0.25) is 0 Å². The molecule has 110 valence electrons. The fourth-order valence-corrected chi connectivity index (χ4v) is 1.92. The van der Waals surface area contributed by atoms with E-state index in [4.69, 9.17) is 0 Å². The number of carbonyl (C=O) groups is 1. The molecule has 0 spiro atoms. The summed E-state index contributed by atoms with van der Waals surface area (Å²) >= 11 is 0. The van der Waals surface area contributed by atoms with Crippen LogP contribution in [0.25, 0.3) is 0 Å². The van der Waals surface area contributed by atoms with Gasteiger partial charge in [-0.1, -0.05) is 11.8 Å². The van der Waals surface area contributed by atoms with Gasteiger partial charge in [0.1, 0.15) is 0 Å². The molecule has 0 saturated carbocycles. The van der Waals surface area contributed by atoms with E-state index in [1.165, 1.54) is 6.20 Å². The van der Waals surface area contributed by atoms with Crippen molar-refractivity contribution < 1.29 is 4.79 Å². The molecule has 0 unspecified atom stereocenters. The summed E-state index contributed by atoms with van der Waals surface area (Å²) in [5, 5.41) is 2.82. The van der Waals surface area contributed by atoms with Gasteiger partial charge in [-0.15, -0.1) is 0 Å². The lowest BCUT2D eigenvalue weighted by Crippen LogP contribution is -2.11. The van der Waals surface area contributed by atoms with E-state index >= 15 is 0 Å². The normalized spacial score (nSPS) is 9.57. The number of benzene rings is 1. The van der Waals surface area contributed by atoms with Crippen molar-refractivity contribution in [2.45, 2.75) is 0 Å². The second-order valence-electron chi connectivity index (χ2n) is 4.76. The van der Waals surface area contributed by atoms with Gasteiger partial charge in [-0.2, -0.15) is 0 Å². The van der Waals surface area contributed by atoms with Crippen molar-refractivity contribution in [3.63, 3.8) is 0 Å². The molecule has 0 aliphatic carbocycles. The van der Waals surface area contributed by atoms with Crippen molar-refractivity contribution in [3.05, 3.63) is 90.0 Å². The number of hydrogen-bond donors (Lipinski definition) is 1. The van der Waals surface area contributed by atoms with Gasteiger partial charge in [-0.05, 0) is 48.5 Å². The molecule has 2 heterocycles. The number of rotatable bonds is 2. The summed E-state index contributed by atoms with van der Waals surface area (Å²) in [6.45, 7) is 0. The quantitative estimate of drug-likeness (QED) is 0.740. The van der Waals surface area contributed by atoms with Crippen LogP contribution in [0, 0.1) is 11.8 Å². The minimum Gasteiger partial charge on any atom is -0.322 e. The Morgan fingerprint density at radius 1 is 0.826 bits per heavy atom. The molecule has 0 bridgehead atoms. The van der Waals surface area contributed by atoms with Gasteiger partial charge in [0.15, 0.2) is 0 Å². The maximum Gasteiger partial charge on any atom is 0.257 e. The number of amides is 1. The Morgan fingerprint density at radius 2 is 1.52 bits per heavy atom. The molecular weight excluding hydrogens is 286 g/mol. The van der Waals surface area contributed by atoms with Crippen LogP contribution in [-0.4, -0.2) is 15.9 Å². The largest absolute Gasteiger partial charge is 0.322 e. The molecule has 1 N–H and O–H groups in total. The van der Waals surface area contributed by atoms with E-state index in [-0.39, 0.29) is 5.91 Å². The number of anilines is 1. The average molecular weight is 299 g/mol. The van der Waals surface area contributed by atoms with Gasteiger partial charge in [0.25, 0.3) is 5.91 Å². The van der Waals surface area contributed by atoms with Crippen LogP contribution in [-0.2, 0) is 0 Å². The second kappa shape index (κ2) is 7.01. The SMILES string of the molecule is O=C(Nc1ccc(C#Cc2cccnc2)cc1)c1cccnc1. The molecule has 1 amide bonds. The predicted molar refractivity (Wildman–Crippen MR) is 88.8 cm³/mol. The van der Waals surface area contributed by atoms with Crippen molar-refractivity contribution in [3.8, 4) is 11.8 Å². The Kier molecular flexibility index (Phi) is 4.41. The first-order chi connectivity index (χ1) is 11.3. The molecular formula is C19H13N3O. The summed E-state index contributed by atoms with van der Waals surface area (Å²) in [5.74, 6) is 5.91. The van der Waals surface area contributed by atoms with Crippen LogP contribution < -0.4 is 5.32 Å². The molecule has 0 aliphatic rings. The third-order valence-corrected chi connectivity index (χ3v) is 3.08. The predicted octanol–water partition coefficient (Wildman–Crippen LogP) is 3.13. The minimum atomic E-state index is -0.188. The lowest BCUT2D eigenvalue weighted by molar-refractivity contribution is 0.102. The first kappa shape index (κ1) is 14.5. The first-order valence-corrected chi connectivity index (χ1v) is 7.05. The van der Waals surface area contributed by atoms with Crippen molar-refractivity contribution in [2.24, 2.45) is 0 Å². The minimum absolute atomic E-state index is 0.188. The molecule has 0 atom stereocenters. The van der Waals surface area contributed by atoms with Crippen molar-refractivity contribution in [1.82, 2.24) is 9.97 Å². The van der Waals surface area contributed by atoms with E-state index in [9.17, 15) is 4.79 Å². The number of hydrogen-bond acceptors (Lipinski definition) is 3. The maximum atomic E-state index is 12.0. The molecule has 0 radical (unpaired) electrons. The number of nitrogens with one attached hydrogen (secondary N) is 1. The van der Waals surface area contributed by atoms with Crippen LogP contribution in [0.3, 0.4) is 0 Å². The van der Waals surface area contributed by atoms with Gasteiger partial charge in [0.05, 0.1) is 5.56 Å². The molecule has 23 heavy (non-hydrogen) atoms. The molecule has 4 nitrogen and oxygen atoms in total. The van der Waals surface area contributed by atoms with Crippen LogP contribution in [0.4, 0.5) is 5.69 Å². The van der Waals surface area contributed by atoms with E-state index < -0.39 is 0 Å². The Bertz CT molecular complexity index is 848. The zero-order valence-corrected chi connectivity index (χ0v) is 12.2. The molecule has 0 fully saturated rings. The number of nitrogens with zero attached hydrogens (tertiary/aromatic N) is 2. The highest BCUT2D eigenvalue weighted by Crippen LogP contribution is 2.10. The molecule has 3 aromatic rings. The Balaban J connectivity index is 1.68. The summed E-state index contributed by atoms with van der Waals surface area (Å²) in [5.41, 5.74) is 2.97. The lowest BCUT2D eigenvalue weighted by atomic mass is 10.2. The molecule has 4 heteroatoms. The van der Waals surface area contributed by atoms with E-state index in [0.29, 0.717) is 11.3 Å². The standard InChI is InChI=1S/C19H13N3O/c23-19(17-4-2-12-21-14-17)22-18-9-7-15(8-10-18)5-6-16-3-1-11-20-13-16/h1-4,7-14H,(H,22,23). The maximum absolute atomic E-state index is 12.0. The highest BCUT2D eigenvalue weighted by Gasteiger charge is 2.05. The van der Waals surface area contributed by atoms with E-state index in [0.717, 1.165) is 11.1 Å². The first-order valence-electron chi connectivity index (χ1n) is 7.05. The molecule has 0 saturated heterocycles.